The predicted octanol–water partition coefficient (Wildman–Crippen LogP) is 3.10. The standard InChI is InChI=1S/C21H24FN5O3S/c1-13-10-14(2-5-18(13)22)24-21-17-11-20(23-12-19(17)27(25-21)15-3-4-15)31(29,30)26-8-6-16(28)7-9-26/h2,5,10-12,15-16,28H,3-4,6-9H2,1H3,(H,24,25). The van der Waals surface area contributed by atoms with E-state index in [0.717, 1.165) is 18.4 Å². The van der Waals surface area contributed by atoms with Crippen LogP contribution in [0.15, 0.2) is 35.5 Å². The van der Waals surface area contributed by atoms with E-state index in [1.807, 2.05) is 4.68 Å². The molecule has 3 heterocycles. The van der Waals surface area contributed by atoms with Crippen LogP contribution < -0.4 is 5.32 Å². The summed E-state index contributed by atoms with van der Waals surface area (Å²) in [6, 6.07) is 6.54. The third-order valence-corrected chi connectivity index (χ3v) is 7.71. The van der Waals surface area contributed by atoms with Crippen molar-refractivity contribution in [3.05, 3.63) is 41.8 Å². The van der Waals surface area contributed by atoms with Crippen LogP contribution in [0.1, 0.15) is 37.3 Å². The van der Waals surface area contributed by atoms with Gasteiger partial charge in [0.05, 0.1) is 23.9 Å². The summed E-state index contributed by atoms with van der Waals surface area (Å²) in [5.41, 5.74) is 1.94. The van der Waals surface area contributed by atoms with Gasteiger partial charge < -0.3 is 10.4 Å². The molecule has 1 aliphatic heterocycles. The van der Waals surface area contributed by atoms with Crippen LogP contribution in [-0.4, -0.2) is 51.8 Å². The molecule has 8 nitrogen and oxygen atoms in total. The Balaban J connectivity index is 1.55. The molecule has 2 aliphatic rings. The number of aliphatic hydroxyl groups is 1. The van der Waals surface area contributed by atoms with Gasteiger partial charge in [-0.1, -0.05) is 0 Å². The topological polar surface area (TPSA) is 100 Å². The van der Waals surface area contributed by atoms with E-state index in [0.29, 0.717) is 35.3 Å². The highest BCUT2D eigenvalue weighted by molar-refractivity contribution is 7.89. The number of benzene rings is 1. The number of aliphatic hydroxyl groups excluding tert-OH is 1. The van der Waals surface area contributed by atoms with Crippen molar-refractivity contribution in [2.45, 2.75) is 49.8 Å². The summed E-state index contributed by atoms with van der Waals surface area (Å²) in [6.45, 7) is 2.22. The average Bonchev–Trinajstić information content (AvgIpc) is 3.53. The fourth-order valence-electron chi connectivity index (χ4n) is 3.92. The number of rotatable bonds is 5. The molecular weight excluding hydrogens is 421 g/mol. The van der Waals surface area contributed by atoms with Crippen molar-refractivity contribution in [1.29, 1.82) is 0 Å². The number of sulfonamides is 1. The van der Waals surface area contributed by atoms with Crippen molar-refractivity contribution >= 4 is 32.4 Å². The van der Waals surface area contributed by atoms with Gasteiger partial charge in [-0.3, -0.25) is 4.68 Å². The van der Waals surface area contributed by atoms with Crippen molar-refractivity contribution in [3.63, 3.8) is 0 Å². The normalized spacial score (nSPS) is 18.5. The van der Waals surface area contributed by atoms with Gasteiger partial charge in [0.2, 0.25) is 0 Å². The lowest BCUT2D eigenvalue weighted by molar-refractivity contribution is 0.113. The summed E-state index contributed by atoms with van der Waals surface area (Å²) in [7, 11) is -3.78. The fraction of sp³-hybridized carbons (Fsp3) is 0.429. The van der Waals surface area contributed by atoms with Crippen molar-refractivity contribution in [1.82, 2.24) is 19.1 Å². The first-order chi connectivity index (χ1) is 14.8. The Morgan fingerprint density at radius 2 is 1.90 bits per heavy atom. The molecule has 1 aliphatic carbocycles. The first-order valence-electron chi connectivity index (χ1n) is 10.4. The monoisotopic (exact) mass is 445 g/mol. The average molecular weight is 446 g/mol. The largest absolute Gasteiger partial charge is 0.393 e. The van der Waals surface area contributed by atoms with Crippen LogP contribution in [0.3, 0.4) is 0 Å². The molecule has 0 bridgehead atoms. The summed E-state index contributed by atoms with van der Waals surface area (Å²) < 4.78 is 43.2. The third kappa shape index (κ3) is 3.79. The summed E-state index contributed by atoms with van der Waals surface area (Å²) in [4.78, 5) is 4.26. The number of fused-ring (bicyclic) bond motifs is 1. The number of piperidine rings is 1. The van der Waals surface area contributed by atoms with Crippen molar-refractivity contribution in [2.24, 2.45) is 0 Å². The van der Waals surface area contributed by atoms with Gasteiger partial charge in [0.1, 0.15) is 5.82 Å². The van der Waals surface area contributed by atoms with Gasteiger partial charge in [0.25, 0.3) is 10.0 Å². The van der Waals surface area contributed by atoms with Gasteiger partial charge in [-0.05, 0) is 62.4 Å². The molecule has 3 aromatic rings. The molecule has 0 radical (unpaired) electrons. The molecule has 1 saturated heterocycles. The number of aryl methyl sites for hydroxylation is 1. The number of hydrogen-bond donors (Lipinski definition) is 2. The maximum Gasteiger partial charge on any atom is 0.260 e. The Morgan fingerprint density at radius 3 is 2.58 bits per heavy atom. The number of nitrogens with zero attached hydrogens (tertiary/aromatic N) is 4. The number of pyridine rings is 1. The van der Waals surface area contributed by atoms with Crippen molar-refractivity contribution in [2.75, 3.05) is 18.4 Å². The molecule has 1 saturated carbocycles. The summed E-state index contributed by atoms with van der Waals surface area (Å²) in [6.07, 6.45) is 3.96. The van der Waals surface area contributed by atoms with E-state index < -0.39 is 16.1 Å². The Kier molecular flexibility index (Phi) is 4.95. The number of nitrogens with one attached hydrogen (secondary N) is 1. The van der Waals surface area contributed by atoms with Gasteiger partial charge in [-0.25, -0.2) is 17.8 Å². The Bertz CT molecular complexity index is 1250. The molecule has 10 heteroatoms. The molecule has 0 spiro atoms. The van der Waals surface area contributed by atoms with E-state index in [4.69, 9.17) is 0 Å². The van der Waals surface area contributed by atoms with Crippen LogP contribution >= 0.6 is 0 Å². The van der Waals surface area contributed by atoms with Crippen LogP contribution in [0, 0.1) is 12.7 Å². The maximum atomic E-state index is 13.7. The quantitative estimate of drug-likeness (QED) is 0.626. The minimum Gasteiger partial charge on any atom is -0.393 e. The van der Waals surface area contributed by atoms with Gasteiger partial charge in [0, 0.05) is 24.2 Å². The first-order valence-corrected chi connectivity index (χ1v) is 11.9. The van der Waals surface area contributed by atoms with Gasteiger partial charge in [0.15, 0.2) is 10.8 Å². The molecule has 31 heavy (non-hydrogen) atoms. The van der Waals surface area contributed by atoms with E-state index in [1.54, 1.807) is 31.3 Å². The smallest absolute Gasteiger partial charge is 0.260 e. The van der Waals surface area contributed by atoms with E-state index in [1.165, 1.54) is 10.4 Å². The molecule has 2 fully saturated rings. The Labute approximate surface area is 179 Å². The van der Waals surface area contributed by atoms with E-state index in [9.17, 15) is 17.9 Å². The van der Waals surface area contributed by atoms with Crippen molar-refractivity contribution in [3.8, 4) is 0 Å². The SMILES string of the molecule is Cc1cc(Nc2nn(C3CC3)c3cnc(S(=O)(=O)N4CCC(O)CC4)cc23)ccc1F. The molecule has 2 N–H and O–H groups in total. The second-order valence-corrected chi connectivity index (χ2v) is 10.2. The van der Waals surface area contributed by atoms with E-state index in [2.05, 4.69) is 15.4 Å². The van der Waals surface area contributed by atoms with Crippen LogP contribution in [0.25, 0.3) is 10.9 Å². The minimum atomic E-state index is -3.78. The van der Waals surface area contributed by atoms with E-state index in [-0.39, 0.29) is 30.0 Å². The highest BCUT2D eigenvalue weighted by atomic mass is 32.2. The second-order valence-electron chi connectivity index (χ2n) is 8.29. The molecule has 0 atom stereocenters. The number of anilines is 2. The lowest BCUT2D eigenvalue weighted by atomic mass is 10.1. The molecular formula is C21H24FN5O3S. The zero-order valence-electron chi connectivity index (χ0n) is 17.1. The second kappa shape index (κ2) is 7.54. The summed E-state index contributed by atoms with van der Waals surface area (Å²) >= 11 is 0. The van der Waals surface area contributed by atoms with Crippen LogP contribution in [0.2, 0.25) is 0 Å². The molecule has 5 rings (SSSR count). The zero-order chi connectivity index (χ0) is 21.8. The molecule has 0 amide bonds. The highest BCUT2D eigenvalue weighted by Gasteiger charge is 2.32. The van der Waals surface area contributed by atoms with Gasteiger partial charge >= 0.3 is 0 Å². The number of aromatic nitrogens is 3. The minimum absolute atomic E-state index is 0.0370. The molecule has 164 valence electrons. The number of hydrogen-bond acceptors (Lipinski definition) is 6. The van der Waals surface area contributed by atoms with Gasteiger partial charge in [-0.2, -0.15) is 9.40 Å². The highest BCUT2D eigenvalue weighted by Crippen LogP contribution is 2.39. The first kappa shape index (κ1) is 20.3. The lowest BCUT2D eigenvalue weighted by Crippen LogP contribution is -2.40. The maximum absolute atomic E-state index is 13.7. The Morgan fingerprint density at radius 1 is 1.16 bits per heavy atom. The van der Waals surface area contributed by atoms with Crippen molar-refractivity contribution < 1.29 is 17.9 Å². The molecule has 2 aromatic heterocycles. The Hall–Kier alpha value is -2.56. The molecule has 1 aromatic carbocycles. The lowest BCUT2D eigenvalue weighted by Gasteiger charge is -2.28. The van der Waals surface area contributed by atoms with Crippen LogP contribution in [0.5, 0.6) is 0 Å². The fourth-order valence-corrected chi connectivity index (χ4v) is 5.33. The van der Waals surface area contributed by atoms with Gasteiger partial charge in [-0.15, -0.1) is 0 Å². The summed E-state index contributed by atoms with van der Waals surface area (Å²) in [5, 5.41) is 18.2. The zero-order valence-corrected chi connectivity index (χ0v) is 17.9. The van der Waals surface area contributed by atoms with Crippen LogP contribution in [0.4, 0.5) is 15.9 Å². The van der Waals surface area contributed by atoms with E-state index >= 15 is 0 Å². The summed E-state index contributed by atoms with van der Waals surface area (Å²) in [5.74, 6) is 0.226. The number of halogens is 1. The predicted molar refractivity (Wildman–Crippen MR) is 114 cm³/mol. The third-order valence-electron chi connectivity index (χ3n) is 5.91. The van der Waals surface area contributed by atoms with Crippen LogP contribution in [-0.2, 0) is 10.0 Å². The molecule has 0 unspecified atom stereocenters.